The van der Waals surface area contributed by atoms with Gasteiger partial charge in [-0.3, -0.25) is 32.3 Å². The number of anilines is 2. The number of benzene rings is 3. The van der Waals surface area contributed by atoms with Crippen molar-refractivity contribution in [2.24, 2.45) is 11.5 Å². The summed E-state index contributed by atoms with van der Waals surface area (Å²) in [6.45, 7) is 3.71. The summed E-state index contributed by atoms with van der Waals surface area (Å²) in [6, 6.07) is 18.9. The van der Waals surface area contributed by atoms with E-state index in [2.05, 4.69) is 10.6 Å². The zero-order chi connectivity index (χ0) is 29.4. The fourth-order valence-corrected chi connectivity index (χ4v) is 3.28. The monoisotopic (exact) mass is 544 g/mol. The first-order chi connectivity index (χ1) is 19.0. The number of nitrogens with one attached hydrogen (secondary N) is 6. The lowest BCUT2D eigenvalue weighted by atomic mass is 10.1. The maximum atomic E-state index is 13.3. The highest BCUT2D eigenvalue weighted by Crippen LogP contribution is 2.21. The van der Waals surface area contributed by atoms with Crippen LogP contribution >= 0.6 is 0 Å². The number of aryl methyl sites for hydroxylation is 2. The molecule has 0 atom stereocenters. The van der Waals surface area contributed by atoms with E-state index in [0.29, 0.717) is 0 Å². The summed E-state index contributed by atoms with van der Waals surface area (Å²) in [5, 5.41) is 37.5. The molecule has 0 saturated carbocycles. The number of nitrogens with zero attached hydrogens (tertiary/aromatic N) is 2. The number of carbonyl (C=O) groups is 2. The molecule has 0 aliphatic carbocycles. The molecule has 0 saturated heterocycles. The number of hydrogen-bond acceptors (Lipinski definition) is 8. The molecule has 0 heterocycles. The van der Waals surface area contributed by atoms with Crippen LogP contribution in [0.3, 0.4) is 0 Å². The molecular weight excluding hydrogens is 516 g/mol. The number of hydrogen-bond donors (Lipinski definition) is 8. The molecule has 10 N–H and O–H groups in total. The molecule has 0 aliphatic rings. The molecule has 0 unspecified atom stereocenters. The van der Waals surface area contributed by atoms with Gasteiger partial charge in [-0.25, -0.2) is 9.59 Å². The third kappa shape index (κ3) is 7.32. The van der Waals surface area contributed by atoms with Gasteiger partial charge in [-0.2, -0.15) is 0 Å². The normalized spacial score (nSPS) is 10.1. The number of guanidine groups is 4. The Kier molecular flexibility index (Phi) is 8.99. The first kappa shape index (κ1) is 28.6. The average Bonchev–Trinajstić information content (AvgIpc) is 2.90. The second-order valence-electron chi connectivity index (χ2n) is 8.34. The topological polar surface area (TPSA) is 231 Å². The molecule has 40 heavy (non-hydrogen) atoms. The van der Waals surface area contributed by atoms with Crippen molar-refractivity contribution < 1.29 is 19.3 Å². The minimum atomic E-state index is -1.03. The van der Waals surface area contributed by atoms with Gasteiger partial charge in [0.05, 0.1) is 22.5 Å². The summed E-state index contributed by atoms with van der Waals surface area (Å²) in [4.78, 5) is 37.5. The van der Waals surface area contributed by atoms with Gasteiger partial charge in [-0.15, -0.1) is 10.1 Å². The zero-order valence-corrected chi connectivity index (χ0v) is 21.6. The van der Waals surface area contributed by atoms with Gasteiger partial charge >= 0.3 is 11.9 Å². The first-order valence-corrected chi connectivity index (χ1v) is 11.6. The van der Waals surface area contributed by atoms with E-state index >= 15 is 0 Å². The molecule has 0 aliphatic heterocycles. The zero-order valence-electron chi connectivity index (χ0n) is 21.6. The average molecular weight is 545 g/mol. The second kappa shape index (κ2) is 12.6. The molecule has 206 valence electrons. The van der Waals surface area contributed by atoms with Crippen molar-refractivity contribution in [1.29, 1.82) is 21.6 Å². The van der Waals surface area contributed by atoms with Crippen LogP contribution in [0.15, 0.2) is 72.8 Å². The SMILES string of the molecule is Cc1ccc(N(OC(=O)c2ccccc2C(=O)ON(C(=N)NC(=N)N)c2ccc(C)cc2)C(=N)NC(=N)N)cc1. The van der Waals surface area contributed by atoms with Gasteiger partial charge in [-0.05, 0) is 50.2 Å². The van der Waals surface area contributed by atoms with Crippen LogP contribution < -0.4 is 32.2 Å². The molecule has 0 bridgehead atoms. The van der Waals surface area contributed by atoms with Crippen molar-refractivity contribution in [2.75, 3.05) is 10.1 Å². The van der Waals surface area contributed by atoms with E-state index in [-0.39, 0.29) is 22.5 Å². The molecule has 0 radical (unpaired) electrons. The third-order valence-electron chi connectivity index (χ3n) is 5.16. The van der Waals surface area contributed by atoms with E-state index in [9.17, 15) is 9.59 Å². The predicted octanol–water partition coefficient (Wildman–Crippen LogP) is 2.30. The molecule has 0 amide bonds. The minimum absolute atomic E-state index is 0.213. The number of carbonyl (C=O) groups excluding carboxylic acids is 2. The van der Waals surface area contributed by atoms with Crippen LogP contribution in [0.1, 0.15) is 31.8 Å². The predicted molar refractivity (Wildman–Crippen MR) is 150 cm³/mol. The van der Waals surface area contributed by atoms with Gasteiger partial charge in [0.25, 0.3) is 0 Å². The number of nitrogens with two attached hydrogens (primary N) is 2. The number of rotatable bonds is 4. The lowest BCUT2D eigenvalue weighted by Crippen LogP contribution is -2.47. The van der Waals surface area contributed by atoms with Crippen LogP contribution in [0.25, 0.3) is 0 Å². The smallest absolute Gasteiger partial charge is 0.364 e. The summed E-state index contributed by atoms with van der Waals surface area (Å²) >= 11 is 0. The van der Waals surface area contributed by atoms with E-state index in [0.717, 1.165) is 21.3 Å². The highest BCUT2D eigenvalue weighted by atomic mass is 16.7. The van der Waals surface area contributed by atoms with Crippen molar-refractivity contribution in [1.82, 2.24) is 10.6 Å². The van der Waals surface area contributed by atoms with Gasteiger partial charge in [0, 0.05) is 0 Å². The summed E-state index contributed by atoms with van der Waals surface area (Å²) in [6.07, 6.45) is 0. The van der Waals surface area contributed by atoms with Crippen LogP contribution in [-0.4, -0.2) is 35.8 Å². The lowest BCUT2D eigenvalue weighted by molar-refractivity contribution is 0.0467. The van der Waals surface area contributed by atoms with Gasteiger partial charge in [-0.1, -0.05) is 47.5 Å². The van der Waals surface area contributed by atoms with Gasteiger partial charge in [0.2, 0.25) is 11.9 Å². The summed E-state index contributed by atoms with van der Waals surface area (Å²) in [7, 11) is 0. The lowest BCUT2D eigenvalue weighted by Gasteiger charge is -2.25. The Labute approximate surface area is 229 Å². The Morgan fingerprint density at radius 1 is 0.625 bits per heavy atom. The van der Waals surface area contributed by atoms with E-state index < -0.39 is 35.8 Å². The fourth-order valence-electron chi connectivity index (χ4n) is 3.28. The van der Waals surface area contributed by atoms with E-state index in [4.69, 9.17) is 42.8 Å². The Morgan fingerprint density at radius 2 is 0.950 bits per heavy atom. The van der Waals surface area contributed by atoms with E-state index in [1.807, 2.05) is 13.8 Å². The minimum Gasteiger partial charge on any atom is -0.370 e. The van der Waals surface area contributed by atoms with Crippen LogP contribution in [-0.2, 0) is 9.68 Å². The van der Waals surface area contributed by atoms with Crippen LogP contribution in [0.4, 0.5) is 11.4 Å². The standard InChI is InChI=1S/C26H28N10O4/c1-15-7-11-17(12-8-15)35(25(31)33-23(27)28)39-21(37)19-5-3-4-6-20(19)22(38)40-36(26(32)34-24(29)30)18-13-9-16(2)10-14-18/h3-14H,1-2H3,(H5,27,28,31,33)(H5,29,30,32,34). The van der Waals surface area contributed by atoms with Crippen LogP contribution in [0.5, 0.6) is 0 Å². The molecule has 14 heteroatoms. The highest BCUT2D eigenvalue weighted by Gasteiger charge is 2.27. The quantitative estimate of drug-likeness (QED) is 0.136. The van der Waals surface area contributed by atoms with Crippen molar-refractivity contribution >= 4 is 47.2 Å². The highest BCUT2D eigenvalue weighted by molar-refractivity contribution is 6.08. The summed E-state index contributed by atoms with van der Waals surface area (Å²) in [5.41, 5.74) is 12.6. The van der Waals surface area contributed by atoms with Crippen molar-refractivity contribution in [3.8, 4) is 0 Å². The van der Waals surface area contributed by atoms with Crippen molar-refractivity contribution in [3.63, 3.8) is 0 Å². The van der Waals surface area contributed by atoms with Crippen molar-refractivity contribution in [2.45, 2.75) is 13.8 Å². The van der Waals surface area contributed by atoms with Crippen LogP contribution in [0, 0.1) is 35.5 Å². The summed E-state index contributed by atoms with van der Waals surface area (Å²) < 4.78 is 0. The summed E-state index contributed by atoms with van der Waals surface area (Å²) in [5.74, 6) is -4.22. The molecule has 0 fully saturated rings. The molecular formula is C26H28N10O4. The first-order valence-electron chi connectivity index (χ1n) is 11.6. The fraction of sp³-hybridized carbons (Fsp3) is 0.0769. The molecule has 3 aromatic carbocycles. The maximum absolute atomic E-state index is 13.3. The van der Waals surface area contributed by atoms with Gasteiger partial charge in [0.1, 0.15) is 0 Å². The van der Waals surface area contributed by atoms with Crippen molar-refractivity contribution in [3.05, 3.63) is 95.1 Å². The molecule has 0 aromatic heterocycles. The van der Waals surface area contributed by atoms with Gasteiger partial charge < -0.3 is 21.1 Å². The van der Waals surface area contributed by atoms with E-state index in [1.54, 1.807) is 48.5 Å². The van der Waals surface area contributed by atoms with Crippen LogP contribution in [0.2, 0.25) is 0 Å². The Morgan fingerprint density at radius 3 is 1.25 bits per heavy atom. The molecule has 3 rings (SSSR count). The number of hydroxylamine groups is 2. The Balaban J connectivity index is 1.92. The Bertz CT molecular complexity index is 1340. The largest absolute Gasteiger partial charge is 0.370 e. The molecule has 14 nitrogen and oxygen atoms in total. The second-order valence-corrected chi connectivity index (χ2v) is 8.34. The van der Waals surface area contributed by atoms with E-state index in [1.165, 1.54) is 24.3 Å². The molecule has 3 aromatic rings. The third-order valence-corrected chi connectivity index (χ3v) is 5.16. The molecule has 0 spiro atoms. The Hall–Kier alpha value is -5.92. The van der Waals surface area contributed by atoms with Gasteiger partial charge in [0.15, 0.2) is 11.9 Å². The maximum Gasteiger partial charge on any atom is 0.364 e.